The zero-order valence-electron chi connectivity index (χ0n) is 17.5. The third kappa shape index (κ3) is 4.40. The van der Waals surface area contributed by atoms with Gasteiger partial charge in [0.25, 0.3) is 6.43 Å². The summed E-state index contributed by atoms with van der Waals surface area (Å²) in [6, 6.07) is 8.05. The van der Waals surface area contributed by atoms with Gasteiger partial charge in [-0.05, 0) is 43.5 Å². The number of hydrogen-bond acceptors (Lipinski definition) is 5. The summed E-state index contributed by atoms with van der Waals surface area (Å²) in [6.45, 7) is 2.99. The van der Waals surface area contributed by atoms with Crippen molar-refractivity contribution in [3.63, 3.8) is 0 Å². The molecule has 2 aliphatic heterocycles. The Morgan fingerprint density at radius 1 is 1.31 bits per heavy atom. The van der Waals surface area contributed by atoms with Crippen molar-refractivity contribution in [1.29, 1.82) is 5.41 Å². The van der Waals surface area contributed by atoms with Gasteiger partial charge in [-0.2, -0.15) is 0 Å². The summed E-state index contributed by atoms with van der Waals surface area (Å²) in [5.41, 5.74) is 0.531. The van der Waals surface area contributed by atoms with Gasteiger partial charge in [0.2, 0.25) is 5.91 Å². The van der Waals surface area contributed by atoms with E-state index < -0.39 is 12.0 Å². The maximum absolute atomic E-state index is 13.0. The van der Waals surface area contributed by atoms with Gasteiger partial charge in [0.1, 0.15) is 5.69 Å². The number of guanidine groups is 1. The minimum atomic E-state index is -2.64. The second-order valence-corrected chi connectivity index (χ2v) is 8.53. The van der Waals surface area contributed by atoms with Crippen LogP contribution in [0.5, 0.6) is 0 Å². The molecule has 32 heavy (non-hydrogen) atoms. The van der Waals surface area contributed by atoms with E-state index in [2.05, 4.69) is 15.6 Å². The molecule has 0 aliphatic carbocycles. The van der Waals surface area contributed by atoms with Gasteiger partial charge < -0.3 is 15.4 Å². The molecule has 0 saturated carbocycles. The Labute approximate surface area is 189 Å². The molecule has 10 heteroatoms. The fourth-order valence-corrected chi connectivity index (χ4v) is 4.57. The number of pyridine rings is 1. The first-order valence-corrected chi connectivity index (χ1v) is 10.7. The zero-order valence-corrected chi connectivity index (χ0v) is 18.3. The molecule has 1 amide bonds. The lowest BCUT2D eigenvalue weighted by Gasteiger charge is -2.45. The van der Waals surface area contributed by atoms with Gasteiger partial charge in [0.05, 0.1) is 34.6 Å². The quantitative estimate of drug-likeness (QED) is 0.604. The lowest BCUT2D eigenvalue weighted by atomic mass is 9.85. The summed E-state index contributed by atoms with van der Waals surface area (Å²) in [5, 5.41) is 15.1. The fourth-order valence-electron chi connectivity index (χ4n) is 4.19. The topological polar surface area (TPSA) is 90.3 Å². The van der Waals surface area contributed by atoms with E-state index in [9.17, 15) is 13.6 Å². The van der Waals surface area contributed by atoms with Crippen molar-refractivity contribution in [2.75, 3.05) is 18.5 Å². The van der Waals surface area contributed by atoms with Gasteiger partial charge in [0.15, 0.2) is 5.96 Å². The summed E-state index contributed by atoms with van der Waals surface area (Å²) in [4.78, 5) is 18.3. The van der Waals surface area contributed by atoms with Crippen LogP contribution in [0.2, 0.25) is 5.02 Å². The number of carbonyl (C=O) groups excluding carboxylic acids is 1. The molecule has 2 aromatic rings. The van der Waals surface area contributed by atoms with Crippen molar-refractivity contribution >= 4 is 34.8 Å². The molecule has 2 fully saturated rings. The molecule has 1 aromatic carbocycles. The molecule has 7 nitrogen and oxygen atoms in total. The molecule has 0 spiro atoms. The summed E-state index contributed by atoms with van der Waals surface area (Å²) >= 11 is 6.69. The zero-order chi connectivity index (χ0) is 22.9. The Morgan fingerprint density at radius 2 is 2.06 bits per heavy atom. The smallest absolute Gasteiger partial charge is 0.280 e. The van der Waals surface area contributed by atoms with Gasteiger partial charge in [-0.25, -0.2) is 8.78 Å². The van der Waals surface area contributed by atoms with E-state index in [4.69, 9.17) is 21.7 Å². The van der Waals surface area contributed by atoms with Crippen molar-refractivity contribution in [2.45, 2.75) is 44.2 Å². The van der Waals surface area contributed by atoms with Gasteiger partial charge in [0, 0.05) is 19.3 Å². The standard InChI is InChI=1S/C22H24ClF2N5O2/c1-22(11-18(31)30(21(26)29-22)14-7-9-32-10-8-14)15-3-2-4-16(19(15)23)28-13-5-6-17(20(24)25)27-12-13/h2-6,12,14,20,28H,7-11H2,1H3,(H2,26,29)/t22-/m0/s1. The molecule has 0 bridgehead atoms. The maximum atomic E-state index is 13.0. The first-order chi connectivity index (χ1) is 15.3. The van der Waals surface area contributed by atoms with Crippen LogP contribution >= 0.6 is 11.6 Å². The van der Waals surface area contributed by atoms with E-state index in [-0.39, 0.29) is 30.0 Å². The summed E-state index contributed by atoms with van der Waals surface area (Å²) in [5.74, 6) is -0.0822. The van der Waals surface area contributed by atoms with Crippen LogP contribution in [0.15, 0.2) is 36.5 Å². The number of alkyl halides is 2. The number of halogens is 3. The van der Waals surface area contributed by atoms with Gasteiger partial charge in [-0.3, -0.25) is 20.1 Å². The van der Waals surface area contributed by atoms with Gasteiger partial charge >= 0.3 is 0 Å². The van der Waals surface area contributed by atoms with Crippen LogP contribution in [0, 0.1) is 5.41 Å². The monoisotopic (exact) mass is 463 g/mol. The molecular formula is C22H24ClF2N5O2. The number of benzene rings is 1. The van der Waals surface area contributed by atoms with Crippen LogP contribution in [-0.2, 0) is 15.1 Å². The molecular weight excluding hydrogens is 440 g/mol. The number of aromatic nitrogens is 1. The van der Waals surface area contributed by atoms with E-state index in [1.54, 1.807) is 12.1 Å². The first kappa shape index (κ1) is 22.4. The number of nitrogens with zero attached hydrogens (tertiary/aromatic N) is 2. The third-order valence-corrected chi connectivity index (χ3v) is 6.25. The predicted molar refractivity (Wildman–Crippen MR) is 117 cm³/mol. The fraction of sp³-hybridized carbons (Fsp3) is 0.409. The highest BCUT2D eigenvalue weighted by Crippen LogP contribution is 2.39. The lowest BCUT2D eigenvalue weighted by Crippen LogP contribution is -2.62. The number of carbonyl (C=O) groups is 1. The normalized spacial score (nSPS) is 22.2. The van der Waals surface area contributed by atoms with E-state index in [1.807, 2.05) is 13.0 Å². The molecule has 170 valence electrons. The highest BCUT2D eigenvalue weighted by atomic mass is 35.5. The second kappa shape index (κ2) is 8.99. The van der Waals surface area contributed by atoms with Crippen LogP contribution in [0.3, 0.4) is 0 Å². The number of nitrogens with one attached hydrogen (secondary N) is 3. The van der Waals surface area contributed by atoms with Crippen LogP contribution in [0.4, 0.5) is 20.2 Å². The highest BCUT2D eigenvalue weighted by Gasteiger charge is 2.43. The summed E-state index contributed by atoms with van der Waals surface area (Å²) in [6.07, 6.45) is 0.217. The molecule has 1 aromatic heterocycles. The van der Waals surface area contributed by atoms with E-state index >= 15 is 0 Å². The van der Waals surface area contributed by atoms with Crippen molar-refractivity contribution in [3.05, 3.63) is 52.8 Å². The Hall–Kier alpha value is -2.78. The number of rotatable bonds is 5. The Balaban J connectivity index is 1.56. The molecule has 4 rings (SSSR count). The Morgan fingerprint density at radius 3 is 2.69 bits per heavy atom. The van der Waals surface area contributed by atoms with Gasteiger partial charge in [-0.1, -0.05) is 23.7 Å². The summed E-state index contributed by atoms with van der Waals surface area (Å²) in [7, 11) is 0. The van der Waals surface area contributed by atoms with Crippen molar-refractivity contribution < 1.29 is 18.3 Å². The van der Waals surface area contributed by atoms with E-state index in [0.717, 1.165) is 0 Å². The van der Waals surface area contributed by atoms with Crippen molar-refractivity contribution in [3.8, 4) is 0 Å². The van der Waals surface area contributed by atoms with Crippen molar-refractivity contribution in [2.24, 2.45) is 0 Å². The van der Waals surface area contributed by atoms with E-state index in [0.29, 0.717) is 48.0 Å². The molecule has 0 radical (unpaired) electrons. The highest BCUT2D eigenvalue weighted by molar-refractivity contribution is 6.34. The molecule has 3 heterocycles. The largest absolute Gasteiger partial charge is 0.381 e. The Bertz CT molecular complexity index is 994. The van der Waals surface area contributed by atoms with Gasteiger partial charge in [-0.15, -0.1) is 0 Å². The second-order valence-electron chi connectivity index (χ2n) is 8.15. The predicted octanol–water partition coefficient (Wildman–Crippen LogP) is 4.57. The maximum Gasteiger partial charge on any atom is 0.280 e. The third-order valence-electron chi connectivity index (χ3n) is 5.85. The average Bonchev–Trinajstić information content (AvgIpc) is 2.75. The summed E-state index contributed by atoms with van der Waals surface area (Å²) < 4.78 is 30.8. The molecule has 3 N–H and O–H groups in total. The SMILES string of the molecule is C[C@@]1(c2cccc(Nc3ccc(C(F)F)nc3)c2Cl)CC(=O)N(C2CCOCC2)C(=N)N1. The van der Waals surface area contributed by atoms with Crippen LogP contribution in [-0.4, -0.2) is 41.0 Å². The number of anilines is 2. The van der Waals surface area contributed by atoms with Crippen LogP contribution in [0.1, 0.15) is 43.9 Å². The molecule has 2 saturated heterocycles. The number of amides is 1. The molecule has 1 atom stereocenters. The minimum Gasteiger partial charge on any atom is -0.381 e. The average molecular weight is 464 g/mol. The van der Waals surface area contributed by atoms with Crippen LogP contribution < -0.4 is 10.6 Å². The number of hydrogen-bond donors (Lipinski definition) is 3. The first-order valence-electron chi connectivity index (χ1n) is 10.3. The van der Waals surface area contributed by atoms with Crippen molar-refractivity contribution in [1.82, 2.24) is 15.2 Å². The number of ether oxygens (including phenoxy) is 1. The lowest BCUT2D eigenvalue weighted by molar-refractivity contribution is -0.133. The minimum absolute atomic E-state index is 0.0482. The molecule has 0 unspecified atom stereocenters. The Kier molecular flexibility index (Phi) is 6.30. The van der Waals surface area contributed by atoms with Crippen LogP contribution in [0.25, 0.3) is 0 Å². The molecule has 2 aliphatic rings. The van der Waals surface area contributed by atoms with E-state index in [1.165, 1.54) is 23.2 Å².